The number of hydrogen-bond acceptors (Lipinski definition) is 5. The highest BCUT2D eigenvalue weighted by Crippen LogP contribution is 2.35. The van der Waals surface area contributed by atoms with E-state index >= 15 is 0 Å². The molecule has 4 atom stereocenters. The molecule has 0 saturated carbocycles. The maximum Gasteiger partial charge on any atom is 0.303 e. The predicted octanol–water partition coefficient (Wildman–Crippen LogP) is 4.43. The van der Waals surface area contributed by atoms with Gasteiger partial charge in [-0.25, -0.2) is 0 Å². The van der Waals surface area contributed by atoms with Gasteiger partial charge >= 0.3 is 5.97 Å². The van der Waals surface area contributed by atoms with E-state index in [9.17, 15) is 4.79 Å². The lowest BCUT2D eigenvalue weighted by Crippen LogP contribution is -2.47. The molecule has 2 aromatic carbocycles. The van der Waals surface area contributed by atoms with Crippen molar-refractivity contribution in [3.63, 3.8) is 0 Å². The van der Waals surface area contributed by atoms with Crippen molar-refractivity contribution in [2.45, 2.75) is 55.5 Å². The summed E-state index contributed by atoms with van der Waals surface area (Å²) in [6, 6.07) is 20.0. The van der Waals surface area contributed by atoms with Crippen LogP contribution in [-0.2, 0) is 25.6 Å². The second-order valence-electron chi connectivity index (χ2n) is 6.36. The average Bonchev–Trinajstić information content (AvgIpc) is 2.64. The molecule has 138 valence electrons. The molecule has 1 saturated heterocycles. The lowest BCUT2D eigenvalue weighted by molar-refractivity contribution is -0.180. The second kappa shape index (κ2) is 9.21. The minimum atomic E-state index is -0.338. The Bertz CT molecular complexity index is 692. The van der Waals surface area contributed by atoms with E-state index in [1.165, 1.54) is 6.92 Å². The molecule has 0 radical (unpaired) electrons. The molecular weight excluding hydrogens is 348 g/mol. The molecule has 5 heteroatoms. The van der Waals surface area contributed by atoms with Crippen LogP contribution >= 0.6 is 11.8 Å². The molecule has 0 bridgehead atoms. The summed E-state index contributed by atoms with van der Waals surface area (Å²) in [5, 5.41) is 0. The standard InChI is InChI=1S/C21H24O4S/c1-15-19(23-14-17-9-5-3-6-10-17)13-20(25-16(2)22)21(24-15)26-18-11-7-4-8-12-18/h3-12,15,19-21H,13-14H2,1-2H3/t15-,19-,20-,21+/m1/s1. The summed E-state index contributed by atoms with van der Waals surface area (Å²) >= 11 is 1.58. The Hall–Kier alpha value is -1.82. The maximum atomic E-state index is 11.5. The van der Waals surface area contributed by atoms with Crippen molar-refractivity contribution in [2.75, 3.05) is 0 Å². The molecule has 1 aliphatic heterocycles. The average molecular weight is 372 g/mol. The molecule has 0 aromatic heterocycles. The van der Waals surface area contributed by atoms with E-state index in [1.54, 1.807) is 11.8 Å². The Balaban J connectivity index is 1.64. The lowest BCUT2D eigenvalue weighted by atomic mass is 10.0. The molecular formula is C21H24O4S. The fourth-order valence-corrected chi connectivity index (χ4v) is 4.09. The number of thioether (sulfide) groups is 1. The van der Waals surface area contributed by atoms with E-state index < -0.39 is 0 Å². The Labute approximate surface area is 158 Å². The van der Waals surface area contributed by atoms with E-state index in [4.69, 9.17) is 14.2 Å². The SMILES string of the molecule is CC(=O)O[C@@H]1C[C@@H](OCc2ccccc2)[C@@H](C)O[C@H]1Sc1ccccc1. The summed E-state index contributed by atoms with van der Waals surface area (Å²) in [7, 11) is 0. The molecule has 0 unspecified atom stereocenters. The van der Waals surface area contributed by atoms with Crippen LogP contribution < -0.4 is 0 Å². The first kappa shape index (κ1) is 19.0. The molecule has 0 amide bonds. The van der Waals surface area contributed by atoms with Crippen LogP contribution in [-0.4, -0.2) is 29.7 Å². The molecule has 2 aromatic rings. The van der Waals surface area contributed by atoms with Gasteiger partial charge in [0.2, 0.25) is 0 Å². The Morgan fingerprint density at radius 1 is 1.08 bits per heavy atom. The van der Waals surface area contributed by atoms with E-state index in [1.807, 2.05) is 67.6 Å². The van der Waals surface area contributed by atoms with E-state index in [-0.39, 0.29) is 29.7 Å². The molecule has 0 N–H and O–H groups in total. The van der Waals surface area contributed by atoms with Crippen LogP contribution in [0.2, 0.25) is 0 Å². The van der Waals surface area contributed by atoms with Crippen LogP contribution in [0.4, 0.5) is 0 Å². The van der Waals surface area contributed by atoms with Gasteiger partial charge in [-0.3, -0.25) is 4.79 Å². The summed E-state index contributed by atoms with van der Waals surface area (Å²) in [5.74, 6) is -0.298. The van der Waals surface area contributed by atoms with Crippen LogP contribution in [0.25, 0.3) is 0 Å². The number of esters is 1. The van der Waals surface area contributed by atoms with Gasteiger partial charge in [0.15, 0.2) is 0 Å². The highest BCUT2D eigenvalue weighted by Gasteiger charge is 2.39. The van der Waals surface area contributed by atoms with Gasteiger partial charge in [0.05, 0.1) is 18.8 Å². The zero-order valence-corrected chi connectivity index (χ0v) is 15.9. The largest absolute Gasteiger partial charge is 0.459 e. The smallest absolute Gasteiger partial charge is 0.303 e. The van der Waals surface area contributed by atoms with Crippen molar-refractivity contribution < 1.29 is 19.0 Å². The number of carbonyl (C=O) groups is 1. The van der Waals surface area contributed by atoms with Crippen molar-refractivity contribution >= 4 is 17.7 Å². The topological polar surface area (TPSA) is 44.8 Å². The van der Waals surface area contributed by atoms with Crippen molar-refractivity contribution in [3.8, 4) is 0 Å². The quantitative estimate of drug-likeness (QED) is 0.702. The van der Waals surface area contributed by atoms with Crippen LogP contribution in [0.15, 0.2) is 65.6 Å². The first-order valence-corrected chi connectivity index (χ1v) is 9.69. The third-order valence-electron chi connectivity index (χ3n) is 4.26. The van der Waals surface area contributed by atoms with Crippen LogP contribution in [0.5, 0.6) is 0 Å². The zero-order valence-electron chi connectivity index (χ0n) is 15.0. The van der Waals surface area contributed by atoms with Gasteiger partial charge in [0.1, 0.15) is 11.5 Å². The normalized spacial score (nSPS) is 25.6. The monoisotopic (exact) mass is 372 g/mol. The molecule has 0 aliphatic carbocycles. The minimum Gasteiger partial charge on any atom is -0.459 e. The summed E-state index contributed by atoms with van der Waals surface area (Å²) < 4.78 is 17.8. The number of carbonyl (C=O) groups excluding carboxylic acids is 1. The predicted molar refractivity (Wildman–Crippen MR) is 102 cm³/mol. The highest BCUT2D eigenvalue weighted by molar-refractivity contribution is 7.99. The molecule has 4 nitrogen and oxygen atoms in total. The van der Waals surface area contributed by atoms with Crippen LogP contribution in [0, 0.1) is 0 Å². The number of benzene rings is 2. The summed E-state index contributed by atoms with van der Waals surface area (Å²) in [6.45, 7) is 3.96. The zero-order chi connectivity index (χ0) is 18.4. The van der Waals surface area contributed by atoms with Gasteiger partial charge in [-0.15, -0.1) is 0 Å². The van der Waals surface area contributed by atoms with Crippen LogP contribution in [0.1, 0.15) is 25.8 Å². The lowest BCUT2D eigenvalue weighted by Gasteiger charge is -2.39. The fraction of sp³-hybridized carbons (Fsp3) is 0.381. The second-order valence-corrected chi connectivity index (χ2v) is 7.53. The highest BCUT2D eigenvalue weighted by atomic mass is 32.2. The minimum absolute atomic E-state index is 0.0771. The summed E-state index contributed by atoms with van der Waals surface area (Å²) in [5.41, 5.74) is 0.873. The number of ether oxygens (including phenoxy) is 3. The van der Waals surface area contributed by atoms with Crippen molar-refractivity contribution in [1.82, 2.24) is 0 Å². The third-order valence-corrected chi connectivity index (χ3v) is 5.45. The van der Waals surface area contributed by atoms with Gasteiger partial charge in [0, 0.05) is 18.2 Å². The Kier molecular flexibility index (Phi) is 6.72. The van der Waals surface area contributed by atoms with Gasteiger partial charge in [0.25, 0.3) is 0 Å². The van der Waals surface area contributed by atoms with Gasteiger partial charge in [-0.2, -0.15) is 0 Å². The van der Waals surface area contributed by atoms with Gasteiger partial charge in [-0.05, 0) is 24.6 Å². The number of hydrogen-bond donors (Lipinski definition) is 0. The van der Waals surface area contributed by atoms with E-state index in [2.05, 4.69) is 0 Å². The molecule has 26 heavy (non-hydrogen) atoms. The summed E-state index contributed by atoms with van der Waals surface area (Å²) in [4.78, 5) is 12.6. The fourth-order valence-electron chi connectivity index (χ4n) is 2.95. The molecule has 0 spiro atoms. The Morgan fingerprint density at radius 3 is 2.38 bits per heavy atom. The first-order chi connectivity index (χ1) is 12.6. The third kappa shape index (κ3) is 5.34. The van der Waals surface area contributed by atoms with E-state index in [0.29, 0.717) is 13.0 Å². The molecule has 1 fully saturated rings. The first-order valence-electron chi connectivity index (χ1n) is 8.81. The maximum absolute atomic E-state index is 11.5. The van der Waals surface area contributed by atoms with E-state index in [0.717, 1.165) is 10.5 Å². The summed E-state index contributed by atoms with van der Waals surface area (Å²) in [6.07, 6.45) is 0.0894. The van der Waals surface area contributed by atoms with Crippen molar-refractivity contribution in [3.05, 3.63) is 66.2 Å². The molecule has 3 rings (SSSR count). The van der Waals surface area contributed by atoms with Crippen LogP contribution in [0.3, 0.4) is 0 Å². The molecule has 1 heterocycles. The van der Waals surface area contributed by atoms with Crippen molar-refractivity contribution in [2.24, 2.45) is 0 Å². The Morgan fingerprint density at radius 2 is 1.73 bits per heavy atom. The number of rotatable bonds is 6. The van der Waals surface area contributed by atoms with Crippen molar-refractivity contribution in [1.29, 1.82) is 0 Å². The van der Waals surface area contributed by atoms with Gasteiger partial charge in [-0.1, -0.05) is 60.3 Å². The van der Waals surface area contributed by atoms with Gasteiger partial charge < -0.3 is 14.2 Å². The molecule has 1 aliphatic rings.